The van der Waals surface area contributed by atoms with E-state index in [-0.39, 0.29) is 5.02 Å². The van der Waals surface area contributed by atoms with Crippen molar-refractivity contribution in [1.29, 1.82) is 0 Å². The van der Waals surface area contributed by atoms with Crippen molar-refractivity contribution in [3.63, 3.8) is 0 Å². The van der Waals surface area contributed by atoms with Gasteiger partial charge in [0.05, 0.1) is 22.6 Å². The third kappa shape index (κ3) is 2.52. The van der Waals surface area contributed by atoms with Gasteiger partial charge in [0.15, 0.2) is 0 Å². The Kier molecular flexibility index (Phi) is 3.01. The van der Waals surface area contributed by atoms with E-state index in [2.05, 4.69) is 15.6 Å². The first-order chi connectivity index (χ1) is 8.72. The summed E-state index contributed by atoms with van der Waals surface area (Å²) in [6, 6.07) is 5.11. The van der Waals surface area contributed by atoms with Crippen LogP contribution in [0.25, 0.3) is 5.69 Å². The van der Waals surface area contributed by atoms with Crippen molar-refractivity contribution in [3.8, 4) is 5.69 Å². The van der Waals surface area contributed by atoms with Gasteiger partial charge in [-0.15, -0.1) is 5.10 Å². The molecule has 2 aromatic rings. The predicted octanol–water partition coefficient (Wildman–Crippen LogP) is 2.31. The van der Waals surface area contributed by atoms with Crippen LogP contribution in [0.4, 0.5) is 4.39 Å². The van der Waals surface area contributed by atoms with Gasteiger partial charge in [-0.1, -0.05) is 16.8 Å². The van der Waals surface area contributed by atoms with Crippen molar-refractivity contribution < 1.29 is 4.39 Å². The first-order valence-electron chi connectivity index (χ1n) is 5.82. The van der Waals surface area contributed by atoms with Gasteiger partial charge in [-0.05, 0) is 31.0 Å². The van der Waals surface area contributed by atoms with Crippen molar-refractivity contribution in [2.75, 3.05) is 0 Å². The maximum absolute atomic E-state index is 13.0. The van der Waals surface area contributed by atoms with Crippen molar-refractivity contribution in [2.45, 2.75) is 25.4 Å². The van der Waals surface area contributed by atoms with E-state index in [0.717, 1.165) is 5.69 Å². The zero-order valence-corrected chi connectivity index (χ0v) is 10.4. The van der Waals surface area contributed by atoms with Gasteiger partial charge in [0, 0.05) is 12.6 Å². The van der Waals surface area contributed by atoms with Crippen LogP contribution >= 0.6 is 11.6 Å². The Hall–Kier alpha value is -1.46. The molecule has 1 aliphatic rings. The number of rotatable bonds is 4. The summed E-state index contributed by atoms with van der Waals surface area (Å²) in [5.74, 6) is -0.434. The average Bonchev–Trinajstić information content (AvgIpc) is 3.08. The average molecular weight is 267 g/mol. The van der Waals surface area contributed by atoms with E-state index in [4.69, 9.17) is 11.6 Å². The molecule has 18 heavy (non-hydrogen) atoms. The molecule has 1 N–H and O–H groups in total. The van der Waals surface area contributed by atoms with Gasteiger partial charge in [-0.2, -0.15) is 0 Å². The maximum atomic E-state index is 13.0. The summed E-state index contributed by atoms with van der Waals surface area (Å²) < 4.78 is 14.6. The van der Waals surface area contributed by atoms with Gasteiger partial charge in [-0.3, -0.25) is 0 Å². The number of hydrogen-bond donors (Lipinski definition) is 1. The molecule has 0 spiro atoms. The highest BCUT2D eigenvalue weighted by molar-refractivity contribution is 6.30. The van der Waals surface area contributed by atoms with Crippen molar-refractivity contribution in [3.05, 3.63) is 40.9 Å². The van der Waals surface area contributed by atoms with Crippen LogP contribution in [0.3, 0.4) is 0 Å². The molecule has 0 bridgehead atoms. The fourth-order valence-electron chi connectivity index (χ4n) is 1.67. The second kappa shape index (κ2) is 4.66. The first kappa shape index (κ1) is 11.6. The number of halogens is 2. The Morgan fingerprint density at radius 2 is 2.28 bits per heavy atom. The maximum Gasteiger partial charge on any atom is 0.141 e. The molecule has 4 nitrogen and oxygen atoms in total. The fourth-order valence-corrected chi connectivity index (χ4v) is 1.84. The Labute approximate surface area is 109 Å². The topological polar surface area (TPSA) is 42.7 Å². The van der Waals surface area contributed by atoms with Crippen LogP contribution in [0, 0.1) is 5.82 Å². The lowest BCUT2D eigenvalue weighted by atomic mass is 10.3. The van der Waals surface area contributed by atoms with E-state index >= 15 is 0 Å². The highest BCUT2D eigenvalue weighted by Crippen LogP contribution is 2.20. The van der Waals surface area contributed by atoms with Gasteiger partial charge in [-0.25, -0.2) is 9.07 Å². The molecule has 1 saturated carbocycles. The van der Waals surface area contributed by atoms with Crippen LogP contribution in [0.2, 0.25) is 5.02 Å². The molecule has 0 radical (unpaired) electrons. The normalized spacial score (nSPS) is 15.0. The summed E-state index contributed by atoms with van der Waals surface area (Å²) in [5.41, 5.74) is 1.56. The smallest absolute Gasteiger partial charge is 0.141 e. The zero-order valence-electron chi connectivity index (χ0n) is 9.61. The minimum Gasteiger partial charge on any atom is -0.308 e. The molecule has 1 aromatic heterocycles. The SMILES string of the molecule is Fc1ccc(-n2cc(CNC3CC3)nn2)cc1Cl. The van der Waals surface area contributed by atoms with Crippen LogP contribution in [0.5, 0.6) is 0 Å². The second-order valence-electron chi connectivity index (χ2n) is 4.41. The van der Waals surface area contributed by atoms with Gasteiger partial charge < -0.3 is 5.32 Å². The molecule has 1 heterocycles. The molecular formula is C12H12ClFN4. The second-order valence-corrected chi connectivity index (χ2v) is 4.82. The van der Waals surface area contributed by atoms with Gasteiger partial charge in [0.25, 0.3) is 0 Å². The molecule has 94 valence electrons. The number of benzene rings is 1. The fraction of sp³-hybridized carbons (Fsp3) is 0.333. The number of nitrogens with one attached hydrogen (secondary N) is 1. The predicted molar refractivity (Wildman–Crippen MR) is 66.2 cm³/mol. The van der Waals surface area contributed by atoms with Crippen LogP contribution in [0.1, 0.15) is 18.5 Å². The molecule has 3 rings (SSSR count). The van der Waals surface area contributed by atoms with E-state index in [1.54, 1.807) is 10.7 Å². The Morgan fingerprint density at radius 3 is 3.00 bits per heavy atom. The highest BCUT2D eigenvalue weighted by atomic mass is 35.5. The Bertz CT molecular complexity index is 565. The van der Waals surface area contributed by atoms with Crippen molar-refractivity contribution in [2.24, 2.45) is 0 Å². The Morgan fingerprint density at radius 1 is 1.44 bits per heavy atom. The molecule has 1 aliphatic carbocycles. The summed E-state index contributed by atoms with van der Waals surface area (Å²) in [6.45, 7) is 0.708. The van der Waals surface area contributed by atoms with Crippen LogP contribution in [-0.4, -0.2) is 21.0 Å². The van der Waals surface area contributed by atoms with Crippen molar-refractivity contribution >= 4 is 11.6 Å². The molecule has 1 aromatic carbocycles. The van der Waals surface area contributed by atoms with E-state index in [1.165, 1.54) is 25.0 Å². The monoisotopic (exact) mass is 266 g/mol. The third-order valence-corrected chi connectivity index (χ3v) is 3.15. The zero-order chi connectivity index (χ0) is 12.5. The highest BCUT2D eigenvalue weighted by Gasteiger charge is 2.20. The van der Waals surface area contributed by atoms with E-state index < -0.39 is 5.82 Å². The Balaban J connectivity index is 1.76. The van der Waals surface area contributed by atoms with Crippen LogP contribution in [-0.2, 0) is 6.54 Å². The summed E-state index contributed by atoms with van der Waals surface area (Å²) in [7, 11) is 0. The quantitative estimate of drug-likeness (QED) is 0.923. The molecule has 0 atom stereocenters. The molecule has 0 aliphatic heterocycles. The van der Waals surface area contributed by atoms with E-state index in [1.807, 2.05) is 6.20 Å². The van der Waals surface area contributed by atoms with Gasteiger partial charge in [0.1, 0.15) is 5.82 Å². The van der Waals surface area contributed by atoms with Gasteiger partial charge >= 0.3 is 0 Å². The lowest BCUT2D eigenvalue weighted by molar-refractivity contribution is 0.627. The van der Waals surface area contributed by atoms with Crippen LogP contribution < -0.4 is 5.32 Å². The largest absolute Gasteiger partial charge is 0.308 e. The summed E-state index contributed by atoms with van der Waals surface area (Å²) in [5, 5.41) is 11.5. The van der Waals surface area contributed by atoms with Gasteiger partial charge in [0.2, 0.25) is 0 Å². The van der Waals surface area contributed by atoms with Crippen molar-refractivity contribution in [1.82, 2.24) is 20.3 Å². The first-order valence-corrected chi connectivity index (χ1v) is 6.20. The summed E-state index contributed by atoms with van der Waals surface area (Å²) in [6.07, 6.45) is 4.29. The minimum absolute atomic E-state index is 0.0839. The number of aromatic nitrogens is 3. The molecule has 6 heteroatoms. The standard InChI is InChI=1S/C12H12ClFN4/c13-11-5-10(3-4-12(11)14)18-7-9(16-17-18)6-15-8-1-2-8/h3-5,7-8,15H,1-2,6H2. The molecule has 1 fully saturated rings. The van der Waals surface area contributed by atoms with E-state index in [9.17, 15) is 4.39 Å². The number of hydrogen-bond acceptors (Lipinski definition) is 3. The number of nitrogens with zero attached hydrogens (tertiary/aromatic N) is 3. The lowest BCUT2D eigenvalue weighted by Crippen LogP contribution is -2.15. The lowest BCUT2D eigenvalue weighted by Gasteiger charge is -2.01. The third-order valence-electron chi connectivity index (χ3n) is 2.86. The molecule has 0 amide bonds. The molecular weight excluding hydrogens is 255 g/mol. The molecule has 0 unspecified atom stereocenters. The van der Waals surface area contributed by atoms with E-state index in [0.29, 0.717) is 18.3 Å². The summed E-state index contributed by atoms with van der Waals surface area (Å²) >= 11 is 5.73. The minimum atomic E-state index is -0.434. The molecule has 0 saturated heterocycles. The summed E-state index contributed by atoms with van der Waals surface area (Å²) in [4.78, 5) is 0. The van der Waals surface area contributed by atoms with Crippen LogP contribution in [0.15, 0.2) is 24.4 Å².